The SMILES string of the molecule is C=C1/C=C2\C(=C(\c3cc(C(C)(C)C)cc(C(C)(C)C)c3)CCCC1)C=C(C)[C@H]2[Si](C)(C)C1C(C)=Cc2c1cc(C(C)(C)C)c(OC)c2-c1cc(C(C)(C)C)cc(C(C)(C)C)c1. The van der Waals surface area contributed by atoms with Crippen LogP contribution in [0.15, 0.2) is 89.1 Å². The van der Waals surface area contributed by atoms with Gasteiger partial charge in [-0.25, -0.2) is 0 Å². The highest BCUT2D eigenvalue weighted by Crippen LogP contribution is 2.59. The second-order valence-corrected chi connectivity index (χ2v) is 29.8. The number of benzene rings is 3. The van der Waals surface area contributed by atoms with Crippen LogP contribution in [0.3, 0.4) is 0 Å². The van der Waals surface area contributed by atoms with E-state index >= 15 is 0 Å². The van der Waals surface area contributed by atoms with Gasteiger partial charge in [0, 0.05) is 22.2 Å². The van der Waals surface area contributed by atoms with Crippen LogP contribution in [0.2, 0.25) is 18.6 Å². The third-order valence-electron chi connectivity index (χ3n) is 14.3. The standard InChI is InChI=1S/C59H82OSi/c1-36-24-22-23-25-45(39-29-41(55(4,5)6)33-42(30-39)56(7,8)9)46-27-37(2)53(48(46)26-36)61(20,21)54-38(3)28-47-49(54)35-50(59(16,17)18)52(60-19)51(47)40-31-43(57(10,11)12)34-44(32-40)58(13,14)15/h26-35,53-54H,1,22-25H2,2-21H3/b46-45+,48-26+/t53-,54?/m1/s1. The Kier molecular flexibility index (Phi) is 12.2. The van der Waals surface area contributed by atoms with Gasteiger partial charge in [-0.1, -0.05) is 201 Å². The zero-order valence-electron chi connectivity index (χ0n) is 42.4. The maximum Gasteiger partial charge on any atom is 0.131 e. The second kappa shape index (κ2) is 15.9. The van der Waals surface area contributed by atoms with Gasteiger partial charge in [-0.05, 0) is 128 Å². The molecule has 0 heterocycles. The zero-order valence-corrected chi connectivity index (χ0v) is 43.4. The molecule has 1 nitrogen and oxygen atoms in total. The lowest BCUT2D eigenvalue weighted by molar-refractivity contribution is 0.399. The molecule has 0 bridgehead atoms. The van der Waals surface area contributed by atoms with E-state index < -0.39 is 8.07 Å². The van der Waals surface area contributed by atoms with Crippen LogP contribution in [0.1, 0.15) is 193 Å². The van der Waals surface area contributed by atoms with Gasteiger partial charge in [0.25, 0.3) is 0 Å². The van der Waals surface area contributed by atoms with E-state index in [0.29, 0.717) is 11.1 Å². The van der Waals surface area contributed by atoms with Gasteiger partial charge in [-0.15, -0.1) is 0 Å². The van der Waals surface area contributed by atoms with Crippen molar-refractivity contribution in [3.05, 3.63) is 134 Å². The van der Waals surface area contributed by atoms with E-state index in [9.17, 15) is 0 Å². The lowest BCUT2D eigenvalue weighted by Crippen LogP contribution is -2.41. The number of fused-ring (bicyclic) bond motifs is 2. The number of hydrogen-bond donors (Lipinski definition) is 0. The topological polar surface area (TPSA) is 9.23 Å². The molecule has 328 valence electrons. The molecule has 2 heteroatoms. The number of hydrogen-bond acceptors (Lipinski definition) is 1. The van der Waals surface area contributed by atoms with Crippen LogP contribution in [0.25, 0.3) is 22.8 Å². The Morgan fingerprint density at radius 2 is 1.02 bits per heavy atom. The molecule has 61 heavy (non-hydrogen) atoms. The molecule has 0 radical (unpaired) electrons. The summed E-state index contributed by atoms with van der Waals surface area (Å²) in [6, 6.07) is 17.5. The summed E-state index contributed by atoms with van der Waals surface area (Å²) in [5.74, 6) is 1.02. The molecule has 0 N–H and O–H groups in total. The Balaban J connectivity index is 1.62. The minimum Gasteiger partial charge on any atom is -0.496 e. The van der Waals surface area contributed by atoms with Crippen molar-refractivity contribution in [2.24, 2.45) is 0 Å². The summed E-state index contributed by atoms with van der Waals surface area (Å²) in [5.41, 5.74) is 23.2. The monoisotopic (exact) mass is 835 g/mol. The minimum atomic E-state index is -2.26. The van der Waals surface area contributed by atoms with Gasteiger partial charge in [-0.2, -0.15) is 0 Å². The average Bonchev–Trinajstić information content (AvgIpc) is 3.65. The molecule has 3 aromatic rings. The van der Waals surface area contributed by atoms with E-state index in [1.54, 1.807) is 0 Å². The van der Waals surface area contributed by atoms with Gasteiger partial charge in [0.1, 0.15) is 5.75 Å². The molecule has 0 saturated carbocycles. The van der Waals surface area contributed by atoms with E-state index in [2.05, 4.69) is 191 Å². The first-order chi connectivity index (χ1) is 27.8. The van der Waals surface area contributed by atoms with Crippen LogP contribution in [-0.4, -0.2) is 15.2 Å². The Bertz CT molecular complexity index is 2300. The first-order valence-electron chi connectivity index (χ1n) is 23.4. The fourth-order valence-electron chi connectivity index (χ4n) is 10.8. The quantitative estimate of drug-likeness (QED) is 0.233. The molecule has 3 aliphatic rings. The molecule has 6 rings (SSSR count). The van der Waals surface area contributed by atoms with Gasteiger partial charge in [0.05, 0.1) is 15.2 Å². The molecule has 0 spiro atoms. The minimum absolute atomic E-state index is 0.00421. The Hall–Kier alpha value is -3.62. The summed E-state index contributed by atoms with van der Waals surface area (Å²) in [6.07, 6.45) is 12.2. The molecule has 0 aromatic heterocycles. The summed E-state index contributed by atoms with van der Waals surface area (Å²) >= 11 is 0. The van der Waals surface area contributed by atoms with Crippen LogP contribution in [-0.2, 0) is 27.1 Å². The van der Waals surface area contributed by atoms with Crippen molar-refractivity contribution in [3.8, 4) is 16.9 Å². The molecule has 1 unspecified atom stereocenters. The average molecular weight is 835 g/mol. The lowest BCUT2D eigenvalue weighted by Gasteiger charge is -2.40. The summed E-state index contributed by atoms with van der Waals surface area (Å²) < 4.78 is 6.59. The highest BCUT2D eigenvalue weighted by atomic mass is 28.3. The summed E-state index contributed by atoms with van der Waals surface area (Å²) in [4.78, 5) is 0. The summed E-state index contributed by atoms with van der Waals surface area (Å²) in [7, 11) is -0.370. The van der Waals surface area contributed by atoms with E-state index in [1.807, 2.05) is 7.11 Å². The van der Waals surface area contributed by atoms with Crippen LogP contribution in [0.4, 0.5) is 0 Å². The number of allylic oxidation sites excluding steroid dienone is 8. The van der Waals surface area contributed by atoms with Crippen molar-refractivity contribution in [2.45, 2.75) is 195 Å². The first kappa shape index (κ1) is 46.9. The van der Waals surface area contributed by atoms with Crippen LogP contribution < -0.4 is 4.74 Å². The third-order valence-corrected chi connectivity index (χ3v) is 18.8. The van der Waals surface area contributed by atoms with Crippen molar-refractivity contribution in [1.29, 1.82) is 0 Å². The molecular weight excluding hydrogens is 753 g/mol. The lowest BCUT2D eigenvalue weighted by atomic mass is 9.77. The largest absolute Gasteiger partial charge is 0.496 e. The predicted octanol–water partition coefficient (Wildman–Crippen LogP) is 17.4. The van der Waals surface area contributed by atoms with Gasteiger partial charge in [0.15, 0.2) is 0 Å². The molecule has 2 atom stereocenters. The van der Waals surface area contributed by atoms with Gasteiger partial charge in [-0.3, -0.25) is 0 Å². The smallest absolute Gasteiger partial charge is 0.131 e. The maximum atomic E-state index is 6.59. The van der Waals surface area contributed by atoms with E-state index in [1.165, 1.54) is 102 Å². The molecule has 0 aliphatic heterocycles. The van der Waals surface area contributed by atoms with Crippen LogP contribution >= 0.6 is 0 Å². The van der Waals surface area contributed by atoms with Crippen molar-refractivity contribution in [3.63, 3.8) is 0 Å². The van der Waals surface area contributed by atoms with Gasteiger partial charge < -0.3 is 4.74 Å². The normalized spacial score (nSPS) is 21.5. The van der Waals surface area contributed by atoms with Crippen molar-refractivity contribution >= 4 is 19.7 Å². The number of methoxy groups -OCH3 is 1. The third kappa shape index (κ3) is 9.10. The van der Waals surface area contributed by atoms with Gasteiger partial charge >= 0.3 is 0 Å². The molecule has 0 saturated heterocycles. The Labute approximate surface area is 375 Å². The van der Waals surface area contributed by atoms with Crippen molar-refractivity contribution in [2.75, 3.05) is 7.11 Å². The number of rotatable bonds is 5. The Morgan fingerprint density at radius 1 is 0.557 bits per heavy atom. The summed E-state index contributed by atoms with van der Waals surface area (Å²) in [6.45, 7) is 50.3. The van der Waals surface area contributed by atoms with E-state index in [0.717, 1.165) is 18.6 Å². The van der Waals surface area contributed by atoms with Crippen LogP contribution in [0, 0.1) is 0 Å². The fourth-order valence-corrected chi connectivity index (χ4v) is 15.7. The number of ether oxygens (including phenoxy) is 1. The van der Waals surface area contributed by atoms with Crippen molar-refractivity contribution < 1.29 is 4.74 Å². The molecule has 3 aliphatic carbocycles. The highest BCUT2D eigenvalue weighted by Gasteiger charge is 2.49. The fraction of sp³-hybridized carbons (Fsp3) is 0.525. The molecular formula is C59H82OSi. The predicted molar refractivity (Wildman–Crippen MR) is 272 cm³/mol. The zero-order chi connectivity index (χ0) is 45.6. The molecule has 0 amide bonds. The summed E-state index contributed by atoms with van der Waals surface area (Å²) in [5, 5.41) is 0. The van der Waals surface area contributed by atoms with E-state index in [4.69, 9.17) is 11.3 Å². The Morgan fingerprint density at radius 3 is 1.48 bits per heavy atom. The molecule has 0 fully saturated rings. The highest BCUT2D eigenvalue weighted by molar-refractivity contribution is 6.82. The second-order valence-electron chi connectivity index (χ2n) is 25.0. The van der Waals surface area contributed by atoms with E-state index in [-0.39, 0.29) is 27.1 Å². The van der Waals surface area contributed by atoms with Crippen molar-refractivity contribution in [1.82, 2.24) is 0 Å². The first-order valence-corrected chi connectivity index (χ1v) is 26.6. The molecule has 3 aromatic carbocycles. The van der Waals surface area contributed by atoms with Crippen LogP contribution in [0.5, 0.6) is 5.75 Å². The maximum absolute atomic E-state index is 6.59. The van der Waals surface area contributed by atoms with Gasteiger partial charge in [0.2, 0.25) is 0 Å².